The summed E-state index contributed by atoms with van der Waals surface area (Å²) in [6.45, 7) is 5.78. The predicted octanol–water partition coefficient (Wildman–Crippen LogP) is 14.6. The number of hydrogen-bond acceptors (Lipinski definition) is 11. The van der Waals surface area contributed by atoms with Gasteiger partial charge in [0.1, 0.15) is 18.8 Å². The minimum atomic E-state index is -1.92. The Kier molecular flexibility index (Phi) is 45.1. The molecule has 0 radical (unpaired) electrons. The summed E-state index contributed by atoms with van der Waals surface area (Å²) in [7, 11) is 0. The molecule has 1 aliphatic heterocycles. The van der Waals surface area contributed by atoms with Crippen LogP contribution in [0, 0.1) is 0 Å². The standard InChI is InChI=1S/C61H102O12/c1-4-7-10-13-16-19-22-25-27-30-32-35-38-41-44-47-53(62)69-50-52(71-54(63)48-45-42-39-36-33-29-24-21-18-15-12-9-6-3)51-70-61-59(57(66)56(65)58(73-61)60(67)68)72-55(64)49-46-43-40-37-34-31-28-26-23-20-17-14-11-8-5-2/h9,12,17-18,20-21,26,28-29,33,39,42,52,56-59,61,65-66H,4-8,10-11,13-16,19,22-25,27,30-32,34-38,40-41,43-51H2,1-3H3,(H,67,68)/b12-9-,20-17-,21-18-,28-26-,33-29-,42-39-. The molecule has 1 heterocycles. The van der Waals surface area contributed by atoms with Crippen LogP contribution in [0.1, 0.15) is 239 Å². The minimum Gasteiger partial charge on any atom is -0.479 e. The van der Waals surface area contributed by atoms with Gasteiger partial charge in [-0.2, -0.15) is 0 Å². The Morgan fingerprint density at radius 1 is 0.466 bits per heavy atom. The molecule has 0 aromatic rings. The third-order valence-electron chi connectivity index (χ3n) is 12.8. The molecule has 12 heteroatoms. The number of carbonyl (C=O) groups is 4. The van der Waals surface area contributed by atoms with Gasteiger partial charge in [0.15, 0.2) is 24.6 Å². The molecule has 0 aliphatic carbocycles. The van der Waals surface area contributed by atoms with E-state index < -0.39 is 67.3 Å². The molecule has 1 aliphatic rings. The molecule has 3 N–H and O–H groups in total. The zero-order valence-corrected chi connectivity index (χ0v) is 45.9. The first-order valence-electron chi connectivity index (χ1n) is 28.9. The van der Waals surface area contributed by atoms with E-state index in [0.29, 0.717) is 25.7 Å². The molecule has 0 bridgehead atoms. The smallest absolute Gasteiger partial charge is 0.335 e. The highest BCUT2D eigenvalue weighted by molar-refractivity contribution is 5.74. The maximum atomic E-state index is 13.1. The van der Waals surface area contributed by atoms with Crippen molar-refractivity contribution in [1.82, 2.24) is 0 Å². The summed E-state index contributed by atoms with van der Waals surface area (Å²) in [6.07, 6.45) is 48.9. The van der Waals surface area contributed by atoms with Crippen molar-refractivity contribution in [2.24, 2.45) is 0 Å². The Morgan fingerprint density at radius 3 is 1.40 bits per heavy atom. The number of carboxylic acids is 1. The van der Waals surface area contributed by atoms with E-state index in [-0.39, 0.29) is 25.9 Å². The number of carboxylic acid groups (broad SMARTS) is 1. The number of aliphatic hydroxyl groups excluding tert-OH is 2. The molecule has 0 amide bonds. The van der Waals surface area contributed by atoms with Crippen molar-refractivity contribution in [3.05, 3.63) is 72.9 Å². The fourth-order valence-electron chi connectivity index (χ4n) is 8.35. The van der Waals surface area contributed by atoms with Crippen molar-refractivity contribution < 1.29 is 58.2 Å². The zero-order chi connectivity index (χ0) is 53.3. The Balaban J connectivity index is 2.74. The molecule has 0 aromatic heterocycles. The van der Waals surface area contributed by atoms with Gasteiger partial charge in [-0.3, -0.25) is 14.4 Å². The van der Waals surface area contributed by atoms with Crippen molar-refractivity contribution in [3.63, 3.8) is 0 Å². The van der Waals surface area contributed by atoms with Crippen molar-refractivity contribution in [2.75, 3.05) is 13.2 Å². The lowest BCUT2D eigenvalue weighted by Crippen LogP contribution is -2.61. The van der Waals surface area contributed by atoms with Crippen LogP contribution >= 0.6 is 0 Å². The lowest BCUT2D eigenvalue weighted by Gasteiger charge is -2.40. The average Bonchev–Trinajstić information content (AvgIpc) is 3.37. The highest BCUT2D eigenvalue weighted by Crippen LogP contribution is 2.26. The number of aliphatic hydroxyl groups is 2. The van der Waals surface area contributed by atoms with Crippen LogP contribution in [0.25, 0.3) is 0 Å². The van der Waals surface area contributed by atoms with Crippen molar-refractivity contribution in [3.8, 4) is 0 Å². The second-order valence-corrected chi connectivity index (χ2v) is 19.5. The van der Waals surface area contributed by atoms with E-state index >= 15 is 0 Å². The molecule has 418 valence electrons. The van der Waals surface area contributed by atoms with Gasteiger partial charge in [0.2, 0.25) is 0 Å². The molecular formula is C61H102O12. The van der Waals surface area contributed by atoms with Gasteiger partial charge in [-0.05, 0) is 77.0 Å². The number of allylic oxidation sites excluding steroid dienone is 12. The fourth-order valence-corrected chi connectivity index (χ4v) is 8.35. The SMILES string of the molecule is CC/C=C\C/C=C\C/C=C\C/C=C\CCC(=O)OC(COC(=O)CCCCCCCCCCCCCCCCC)COC1OC(C(=O)O)C(O)C(O)C1OC(=O)CCCCCCC/C=C\C/C=C\CCCCC. The van der Waals surface area contributed by atoms with E-state index in [9.17, 15) is 34.5 Å². The molecule has 12 nitrogen and oxygen atoms in total. The highest BCUT2D eigenvalue weighted by Gasteiger charge is 2.50. The summed E-state index contributed by atoms with van der Waals surface area (Å²) < 4.78 is 28.3. The van der Waals surface area contributed by atoms with Crippen LogP contribution in [-0.4, -0.2) is 89.2 Å². The second-order valence-electron chi connectivity index (χ2n) is 19.5. The third-order valence-corrected chi connectivity index (χ3v) is 12.8. The maximum absolute atomic E-state index is 13.1. The molecular weight excluding hydrogens is 925 g/mol. The number of rotatable bonds is 48. The van der Waals surface area contributed by atoms with Crippen LogP contribution in [0.3, 0.4) is 0 Å². The zero-order valence-electron chi connectivity index (χ0n) is 45.9. The van der Waals surface area contributed by atoms with Gasteiger partial charge in [0.25, 0.3) is 0 Å². The Bertz CT molecular complexity index is 1550. The Labute approximate surface area is 442 Å². The average molecular weight is 1030 g/mol. The van der Waals surface area contributed by atoms with Crippen molar-refractivity contribution >= 4 is 23.9 Å². The number of carbonyl (C=O) groups excluding carboxylic acids is 3. The molecule has 0 aromatic carbocycles. The van der Waals surface area contributed by atoms with E-state index in [1.807, 2.05) is 12.2 Å². The molecule has 6 unspecified atom stereocenters. The number of unbranched alkanes of at least 4 members (excludes halogenated alkanes) is 22. The van der Waals surface area contributed by atoms with Crippen LogP contribution < -0.4 is 0 Å². The summed E-state index contributed by atoms with van der Waals surface area (Å²) >= 11 is 0. The molecule has 0 saturated carbocycles. The van der Waals surface area contributed by atoms with E-state index in [4.69, 9.17) is 23.7 Å². The van der Waals surface area contributed by atoms with E-state index in [0.717, 1.165) is 83.5 Å². The van der Waals surface area contributed by atoms with Crippen molar-refractivity contribution in [1.29, 1.82) is 0 Å². The van der Waals surface area contributed by atoms with Gasteiger partial charge in [-0.25, -0.2) is 4.79 Å². The van der Waals surface area contributed by atoms with Gasteiger partial charge in [-0.15, -0.1) is 0 Å². The first kappa shape index (κ1) is 67.2. The summed E-state index contributed by atoms with van der Waals surface area (Å²) in [5.41, 5.74) is 0. The first-order valence-corrected chi connectivity index (χ1v) is 28.9. The number of esters is 3. The van der Waals surface area contributed by atoms with Crippen LogP contribution in [-0.2, 0) is 42.9 Å². The summed E-state index contributed by atoms with van der Waals surface area (Å²) in [6, 6.07) is 0. The lowest BCUT2D eigenvalue weighted by atomic mass is 9.98. The van der Waals surface area contributed by atoms with E-state index in [2.05, 4.69) is 81.5 Å². The van der Waals surface area contributed by atoms with Gasteiger partial charge < -0.3 is 39.0 Å². The van der Waals surface area contributed by atoms with Crippen LogP contribution in [0.15, 0.2) is 72.9 Å². The summed E-state index contributed by atoms with van der Waals surface area (Å²) in [4.78, 5) is 51.0. The van der Waals surface area contributed by atoms with E-state index in [1.165, 1.54) is 89.9 Å². The molecule has 1 fully saturated rings. The Hall–Kier alpha value is -3.84. The largest absolute Gasteiger partial charge is 0.479 e. The van der Waals surface area contributed by atoms with Crippen LogP contribution in [0.4, 0.5) is 0 Å². The summed E-state index contributed by atoms with van der Waals surface area (Å²) in [5.74, 6) is -3.24. The summed E-state index contributed by atoms with van der Waals surface area (Å²) in [5, 5.41) is 31.4. The van der Waals surface area contributed by atoms with Gasteiger partial charge in [-0.1, -0.05) is 216 Å². The molecule has 1 rings (SSSR count). The second kappa shape index (κ2) is 49.1. The van der Waals surface area contributed by atoms with Crippen LogP contribution in [0.2, 0.25) is 0 Å². The predicted molar refractivity (Wildman–Crippen MR) is 294 cm³/mol. The molecule has 1 saturated heterocycles. The molecule has 0 spiro atoms. The van der Waals surface area contributed by atoms with Crippen molar-refractivity contribution in [2.45, 2.75) is 276 Å². The minimum absolute atomic E-state index is 0.0354. The van der Waals surface area contributed by atoms with Gasteiger partial charge >= 0.3 is 23.9 Å². The number of aliphatic carboxylic acids is 1. The molecule has 73 heavy (non-hydrogen) atoms. The fraction of sp³-hybridized carbons (Fsp3) is 0.738. The highest BCUT2D eigenvalue weighted by atomic mass is 16.7. The quantitative estimate of drug-likeness (QED) is 0.0228. The molecule has 6 atom stereocenters. The normalized spacial score (nSPS) is 18.8. The Morgan fingerprint density at radius 2 is 0.890 bits per heavy atom. The monoisotopic (exact) mass is 1030 g/mol. The van der Waals surface area contributed by atoms with E-state index in [1.54, 1.807) is 0 Å². The number of ether oxygens (including phenoxy) is 5. The van der Waals surface area contributed by atoms with Gasteiger partial charge in [0.05, 0.1) is 6.61 Å². The lowest BCUT2D eigenvalue weighted by molar-refractivity contribution is -0.301. The van der Waals surface area contributed by atoms with Crippen LogP contribution in [0.5, 0.6) is 0 Å². The number of hydrogen-bond donors (Lipinski definition) is 3. The first-order chi connectivity index (χ1) is 35.6. The maximum Gasteiger partial charge on any atom is 0.335 e. The third kappa shape index (κ3) is 39.3. The topological polar surface area (TPSA) is 175 Å². The van der Waals surface area contributed by atoms with Gasteiger partial charge in [0, 0.05) is 19.3 Å².